The Labute approximate surface area is 191 Å². The molecule has 1 saturated heterocycles. The number of aromatic nitrogens is 3. The van der Waals surface area contributed by atoms with Crippen LogP contribution < -0.4 is 10.6 Å². The van der Waals surface area contributed by atoms with Gasteiger partial charge in [-0.05, 0) is 49.9 Å². The van der Waals surface area contributed by atoms with Crippen molar-refractivity contribution in [3.05, 3.63) is 65.2 Å². The first-order valence-corrected chi connectivity index (χ1v) is 10.9. The lowest BCUT2D eigenvalue weighted by Crippen LogP contribution is -2.44. The Bertz CT molecular complexity index is 1310. The number of hydrogen-bond donors (Lipinski definition) is 1. The Kier molecular flexibility index (Phi) is 5.23. The first kappa shape index (κ1) is 20.7. The zero-order chi connectivity index (χ0) is 22.4. The molecule has 0 spiro atoms. The highest BCUT2D eigenvalue weighted by Crippen LogP contribution is 2.35. The van der Waals surface area contributed by atoms with Crippen molar-refractivity contribution in [2.24, 2.45) is 0 Å². The molecule has 164 valence electrons. The van der Waals surface area contributed by atoms with E-state index in [0.717, 1.165) is 48.7 Å². The summed E-state index contributed by atoms with van der Waals surface area (Å²) in [5.74, 6) is 0.142. The number of likely N-dealkylation sites (N-methyl/N-ethyl adjacent to an activating group) is 1. The van der Waals surface area contributed by atoms with Crippen LogP contribution in [0, 0.1) is 12.7 Å². The molecule has 1 aliphatic heterocycles. The molecule has 5 rings (SSSR count). The van der Waals surface area contributed by atoms with Crippen molar-refractivity contribution >= 4 is 28.8 Å². The topological polar surface area (TPSA) is 62.7 Å². The van der Waals surface area contributed by atoms with E-state index < -0.39 is 0 Å². The van der Waals surface area contributed by atoms with Gasteiger partial charge in [-0.25, -0.2) is 9.37 Å². The molecular weight excluding hydrogens is 427 g/mol. The van der Waals surface area contributed by atoms with E-state index in [4.69, 9.17) is 22.3 Å². The van der Waals surface area contributed by atoms with Crippen molar-refractivity contribution in [1.82, 2.24) is 19.5 Å². The minimum atomic E-state index is -0.298. The summed E-state index contributed by atoms with van der Waals surface area (Å²) >= 11 is 6.16. The van der Waals surface area contributed by atoms with Crippen molar-refractivity contribution in [3.63, 3.8) is 0 Å². The monoisotopic (exact) mass is 450 g/mol. The average Bonchev–Trinajstić information content (AvgIpc) is 3.18. The van der Waals surface area contributed by atoms with Gasteiger partial charge in [-0.2, -0.15) is 9.61 Å². The second-order valence-corrected chi connectivity index (χ2v) is 8.65. The van der Waals surface area contributed by atoms with Crippen molar-refractivity contribution < 1.29 is 4.39 Å². The minimum Gasteiger partial charge on any atom is -0.383 e. The van der Waals surface area contributed by atoms with Crippen LogP contribution in [0.15, 0.2) is 48.7 Å². The first-order chi connectivity index (χ1) is 15.4. The average molecular weight is 451 g/mol. The molecule has 0 bridgehead atoms. The molecule has 4 aromatic rings. The van der Waals surface area contributed by atoms with Crippen LogP contribution in [0.3, 0.4) is 0 Å². The summed E-state index contributed by atoms with van der Waals surface area (Å²) in [5, 5.41) is 5.04. The van der Waals surface area contributed by atoms with Gasteiger partial charge < -0.3 is 15.5 Å². The molecule has 32 heavy (non-hydrogen) atoms. The summed E-state index contributed by atoms with van der Waals surface area (Å²) in [6.07, 6.45) is 1.62. The van der Waals surface area contributed by atoms with E-state index in [1.54, 1.807) is 22.8 Å². The standard InChI is InChI=1S/C24H24ClFN6/c1-15-22(16-4-3-5-17(25)12-16)23(27)32-24(29-15)20(14-28-32)19-7-6-18(13-21(19)26)31-10-8-30(2)9-11-31/h3-7,12-14H,8-11,27H2,1-2H3. The molecule has 3 heterocycles. The zero-order valence-corrected chi connectivity index (χ0v) is 18.8. The quantitative estimate of drug-likeness (QED) is 0.498. The van der Waals surface area contributed by atoms with Crippen LogP contribution in [-0.2, 0) is 0 Å². The molecule has 1 aliphatic rings. The normalized spacial score (nSPS) is 14.9. The number of halogens is 2. The van der Waals surface area contributed by atoms with Gasteiger partial charge in [0, 0.05) is 53.6 Å². The summed E-state index contributed by atoms with van der Waals surface area (Å²) < 4.78 is 16.8. The van der Waals surface area contributed by atoms with Crippen molar-refractivity contribution in [2.75, 3.05) is 43.9 Å². The van der Waals surface area contributed by atoms with Crippen LogP contribution in [0.25, 0.3) is 27.9 Å². The Morgan fingerprint density at radius 2 is 1.81 bits per heavy atom. The largest absolute Gasteiger partial charge is 0.383 e. The molecule has 0 unspecified atom stereocenters. The number of rotatable bonds is 3. The van der Waals surface area contributed by atoms with E-state index in [9.17, 15) is 0 Å². The predicted molar refractivity (Wildman–Crippen MR) is 128 cm³/mol. The van der Waals surface area contributed by atoms with Crippen LogP contribution in [-0.4, -0.2) is 52.7 Å². The number of nitrogens with zero attached hydrogens (tertiary/aromatic N) is 5. The van der Waals surface area contributed by atoms with Gasteiger partial charge in [-0.15, -0.1) is 0 Å². The Morgan fingerprint density at radius 3 is 2.53 bits per heavy atom. The van der Waals surface area contributed by atoms with E-state index in [1.165, 1.54) is 0 Å². The SMILES string of the molecule is Cc1nc2c(-c3ccc(N4CCN(C)CC4)cc3F)cnn2c(N)c1-c1cccc(Cl)c1. The van der Waals surface area contributed by atoms with E-state index in [-0.39, 0.29) is 5.82 Å². The Balaban J connectivity index is 1.56. The van der Waals surface area contributed by atoms with Crippen LogP contribution >= 0.6 is 11.6 Å². The zero-order valence-electron chi connectivity index (χ0n) is 18.0. The number of hydrogen-bond acceptors (Lipinski definition) is 5. The van der Waals surface area contributed by atoms with Gasteiger partial charge in [0.05, 0.1) is 11.9 Å². The highest BCUT2D eigenvalue weighted by Gasteiger charge is 2.20. The lowest BCUT2D eigenvalue weighted by molar-refractivity contribution is 0.313. The fraction of sp³-hybridized carbons (Fsp3) is 0.250. The lowest BCUT2D eigenvalue weighted by atomic mass is 10.0. The van der Waals surface area contributed by atoms with E-state index >= 15 is 4.39 Å². The Hall–Kier alpha value is -3.16. The van der Waals surface area contributed by atoms with Gasteiger partial charge in [0.1, 0.15) is 11.6 Å². The molecule has 0 aliphatic carbocycles. The Morgan fingerprint density at radius 1 is 1.03 bits per heavy atom. The molecule has 1 fully saturated rings. The number of piperazine rings is 1. The fourth-order valence-electron chi connectivity index (χ4n) is 4.31. The molecule has 6 nitrogen and oxygen atoms in total. The molecule has 0 atom stereocenters. The molecule has 0 amide bonds. The molecule has 2 aromatic heterocycles. The maximum Gasteiger partial charge on any atom is 0.165 e. The number of nitrogen functional groups attached to an aromatic ring is 1. The second kappa shape index (κ2) is 8.07. The maximum absolute atomic E-state index is 15.2. The third-order valence-electron chi connectivity index (χ3n) is 6.09. The number of benzene rings is 2. The van der Waals surface area contributed by atoms with Crippen LogP contribution in [0.4, 0.5) is 15.9 Å². The molecule has 2 N–H and O–H groups in total. The van der Waals surface area contributed by atoms with Gasteiger partial charge in [0.2, 0.25) is 0 Å². The summed E-state index contributed by atoms with van der Waals surface area (Å²) in [7, 11) is 2.10. The van der Waals surface area contributed by atoms with Crippen molar-refractivity contribution in [1.29, 1.82) is 0 Å². The maximum atomic E-state index is 15.2. The van der Waals surface area contributed by atoms with Crippen molar-refractivity contribution in [3.8, 4) is 22.3 Å². The van der Waals surface area contributed by atoms with Crippen LogP contribution in [0.1, 0.15) is 5.69 Å². The van der Waals surface area contributed by atoms with Gasteiger partial charge in [-0.3, -0.25) is 0 Å². The summed E-state index contributed by atoms with van der Waals surface area (Å²) in [6, 6.07) is 12.8. The smallest absolute Gasteiger partial charge is 0.165 e. The lowest BCUT2D eigenvalue weighted by Gasteiger charge is -2.34. The minimum absolute atomic E-state index is 0.298. The van der Waals surface area contributed by atoms with E-state index in [2.05, 4.69) is 21.9 Å². The number of aryl methyl sites for hydroxylation is 1. The second-order valence-electron chi connectivity index (χ2n) is 8.22. The molecule has 0 radical (unpaired) electrons. The number of nitrogens with two attached hydrogens (primary N) is 1. The summed E-state index contributed by atoms with van der Waals surface area (Å²) in [6.45, 7) is 5.59. The highest BCUT2D eigenvalue weighted by atomic mass is 35.5. The predicted octanol–water partition coefficient (Wildman–Crippen LogP) is 4.50. The fourth-order valence-corrected chi connectivity index (χ4v) is 4.50. The molecule has 8 heteroatoms. The molecule has 0 saturated carbocycles. The van der Waals surface area contributed by atoms with Crippen LogP contribution in [0.5, 0.6) is 0 Å². The van der Waals surface area contributed by atoms with Crippen LogP contribution in [0.2, 0.25) is 5.02 Å². The van der Waals surface area contributed by atoms with Gasteiger partial charge >= 0.3 is 0 Å². The number of anilines is 2. The summed E-state index contributed by atoms with van der Waals surface area (Å²) in [5.41, 5.74) is 11.3. The first-order valence-electron chi connectivity index (χ1n) is 10.6. The van der Waals surface area contributed by atoms with Gasteiger partial charge in [0.15, 0.2) is 5.65 Å². The van der Waals surface area contributed by atoms with Gasteiger partial charge in [-0.1, -0.05) is 23.7 Å². The third-order valence-corrected chi connectivity index (χ3v) is 6.32. The van der Waals surface area contributed by atoms with Gasteiger partial charge in [0.25, 0.3) is 0 Å². The van der Waals surface area contributed by atoms with Crippen molar-refractivity contribution in [2.45, 2.75) is 6.92 Å². The van der Waals surface area contributed by atoms with E-state index in [1.807, 2.05) is 37.3 Å². The highest BCUT2D eigenvalue weighted by molar-refractivity contribution is 6.30. The summed E-state index contributed by atoms with van der Waals surface area (Å²) in [4.78, 5) is 9.22. The third kappa shape index (κ3) is 3.57. The molecular formula is C24H24ClFN6. The number of fused-ring (bicyclic) bond motifs is 1. The van der Waals surface area contributed by atoms with E-state index in [0.29, 0.717) is 27.6 Å². The molecule has 2 aromatic carbocycles.